The molecular weight excluding hydrogens is 368 g/mol. The first kappa shape index (κ1) is 17.0. The molecule has 2 heteroatoms. The summed E-state index contributed by atoms with van der Waals surface area (Å²) < 4.78 is 0. The van der Waals surface area contributed by atoms with Gasteiger partial charge in [-0.25, -0.2) is 4.79 Å². The molecule has 7 aromatic rings. The van der Waals surface area contributed by atoms with Crippen molar-refractivity contribution in [2.75, 3.05) is 0 Å². The van der Waals surface area contributed by atoms with E-state index in [1.807, 2.05) is 0 Å². The zero-order valence-corrected chi connectivity index (χ0v) is 16.5. The van der Waals surface area contributed by atoms with Gasteiger partial charge in [-0.2, -0.15) is 0 Å². The van der Waals surface area contributed by atoms with Crippen LogP contribution in [-0.2, 0) is 4.79 Å². The maximum atomic E-state index is 9.60. The van der Waals surface area contributed by atoms with Crippen molar-refractivity contribution < 1.29 is 9.90 Å². The molecule has 0 amide bonds. The molecule has 0 aliphatic heterocycles. The molecule has 30 heavy (non-hydrogen) atoms. The fraction of sp³-hybridized carbons (Fsp3) is 0.0357. The van der Waals surface area contributed by atoms with Gasteiger partial charge in [0.25, 0.3) is 0 Å². The minimum atomic E-state index is -0.935. The van der Waals surface area contributed by atoms with E-state index in [0.717, 1.165) is 0 Å². The average Bonchev–Trinajstić information content (AvgIpc) is 2.77. The number of hydrogen-bond donors (Lipinski definition) is 1. The highest BCUT2D eigenvalue weighted by molar-refractivity contribution is 6.44. The summed E-state index contributed by atoms with van der Waals surface area (Å²) in [5.41, 5.74) is 0.176. The molecule has 0 saturated carbocycles. The molecule has 7 aromatic carbocycles. The van der Waals surface area contributed by atoms with Crippen LogP contribution in [0.25, 0.3) is 64.6 Å². The molecule has 0 aliphatic carbocycles. The zero-order valence-electron chi connectivity index (χ0n) is 16.5. The number of aliphatic carboxylic acids is 1. The van der Waals surface area contributed by atoms with Crippen molar-refractivity contribution in [3.05, 3.63) is 84.9 Å². The van der Waals surface area contributed by atoms with Gasteiger partial charge in [-0.3, -0.25) is 0 Å². The van der Waals surface area contributed by atoms with E-state index in [9.17, 15) is 4.79 Å². The Morgan fingerprint density at radius 3 is 0.767 bits per heavy atom. The Balaban J connectivity index is 0.000000260. The van der Waals surface area contributed by atoms with Gasteiger partial charge in [-0.15, -0.1) is 0 Å². The summed E-state index contributed by atoms with van der Waals surface area (Å²) in [5.74, 6) is -0.935. The molecule has 1 N–H and O–H groups in total. The summed E-state index contributed by atoms with van der Waals surface area (Å²) in [6, 6.07) is 27.3. The van der Waals surface area contributed by atoms with Crippen molar-refractivity contribution in [2.45, 2.75) is 6.92 Å². The Hall–Kier alpha value is -3.91. The van der Waals surface area contributed by atoms with E-state index in [2.05, 4.69) is 79.4 Å². The topological polar surface area (TPSA) is 37.3 Å². The standard InChI is InChI=1S/C24H12.C4H6O2/c1-2-14-5-6-16-9-11-18-12-10-17-8-7-15-4-3-13(1)19-20(14)22(16)24(18)23(17)21(15)19;1-3(2)4(5)6/h1-12H;1H2,2H3,(H,5,6). The molecule has 0 fully saturated rings. The third kappa shape index (κ3) is 2.11. The number of carbonyl (C=O) groups is 1. The second-order valence-electron chi connectivity index (χ2n) is 8.07. The normalized spacial score (nSPS) is 11.9. The van der Waals surface area contributed by atoms with Crippen molar-refractivity contribution in [2.24, 2.45) is 0 Å². The van der Waals surface area contributed by atoms with Gasteiger partial charge in [-0.1, -0.05) is 79.4 Å². The van der Waals surface area contributed by atoms with Crippen LogP contribution in [0.2, 0.25) is 0 Å². The Kier molecular flexibility index (Phi) is 3.29. The third-order valence-corrected chi connectivity index (χ3v) is 6.25. The highest BCUT2D eigenvalue weighted by atomic mass is 16.4. The zero-order chi connectivity index (χ0) is 20.6. The van der Waals surface area contributed by atoms with Crippen molar-refractivity contribution in [3.8, 4) is 0 Å². The maximum Gasteiger partial charge on any atom is 0.330 e. The van der Waals surface area contributed by atoms with Crippen molar-refractivity contribution >= 4 is 70.6 Å². The van der Waals surface area contributed by atoms with Crippen molar-refractivity contribution in [1.82, 2.24) is 0 Å². The SMILES string of the molecule is C=C(C)C(=O)O.c1cc2ccc3ccc4ccc5ccc6ccc1c1c2c3c4c5c61. The molecule has 0 unspecified atom stereocenters. The fourth-order valence-electron chi connectivity index (χ4n) is 4.89. The van der Waals surface area contributed by atoms with Crippen molar-refractivity contribution in [3.63, 3.8) is 0 Å². The van der Waals surface area contributed by atoms with Crippen molar-refractivity contribution in [1.29, 1.82) is 0 Å². The number of benzene rings is 7. The molecule has 0 heterocycles. The van der Waals surface area contributed by atoms with Gasteiger partial charge >= 0.3 is 5.97 Å². The minimum absolute atomic E-state index is 0.176. The van der Waals surface area contributed by atoms with Gasteiger partial charge in [0.1, 0.15) is 0 Å². The van der Waals surface area contributed by atoms with Gasteiger partial charge < -0.3 is 5.11 Å². The second kappa shape index (κ2) is 5.80. The molecule has 0 radical (unpaired) electrons. The molecule has 0 bridgehead atoms. The quantitative estimate of drug-likeness (QED) is 0.179. The number of carboxylic acids is 1. The van der Waals surface area contributed by atoms with Crippen LogP contribution in [0, 0.1) is 0 Å². The Labute approximate surface area is 172 Å². The summed E-state index contributed by atoms with van der Waals surface area (Å²) in [6.07, 6.45) is 0. The van der Waals surface area contributed by atoms with E-state index in [-0.39, 0.29) is 5.57 Å². The Morgan fingerprint density at radius 2 is 0.667 bits per heavy atom. The largest absolute Gasteiger partial charge is 0.478 e. The molecule has 0 saturated heterocycles. The van der Waals surface area contributed by atoms with Crippen LogP contribution < -0.4 is 0 Å². The second-order valence-corrected chi connectivity index (χ2v) is 8.07. The monoisotopic (exact) mass is 386 g/mol. The van der Waals surface area contributed by atoms with Crippen LogP contribution in [0.4, 0.5) is 0 Å². The Morgan fingerprint density at radius 1 is 0.533 bits per heavy atom. The van der Waals surface area contributed by atoms with Gasteiger partial charge in [0.2, 0.25) is 0 Å². The summed E-state index contributed by atoms with van der Waals surface area (Å²) >= 11 is 0. The maximum absolute atomic E-state index is 9.60. The van der Waals surface area contributed by atoms with Crippen LogP contribution in [0.3, 0.4) is 0 Å². The van der Waals surface area contributed by atoms with Crippen LogP contribution >= 0.6 is 0 Å². The molecule has 0 atom stereocenters. The first-order valence-electron chi connectivity index (χ1n) is 10.00. The molecule has 0 aromatic heterocycles. The summed E-state index contributed by atoms with van der Waals surface area (Å²) in [7, 11) is 0. The lowest BCUT2D eigenvalue weighted by Crippen LogP contribution is -1.92. The molecular formula is C28H18O2. The van der Waals surface area contributed by atoms with Crippen LogP contribution in [-0.4, -0.2) is 11.1 Å². The Bertz CT molecular complexity index is 1330. The smallest absolute Gasteiger partial charge is 0.330 e. The number of rotatable bonds is 1. The lowest BCUT2D eigenvalue weighted by atomic mass is 9.83. The molecule has 7 rings (SSSR count). The predicted octanol–water partition coefficient (Wildman–Crippen LogP) is 7.57. The van der Waals surface area contributed by atoms with E-state index >= 15 is 0 Å². The molecule has 0 aliphatic rings. The van der Waals surface area contributed by atoms with E-state index < -0.39 is 5.97 Å². The highest BCUT2D eigenvalue weighted by Gasteiger charge is 2.19. The van der Waals surface area contributed by atoms with Gasteiger partial charge in [-0.05, 0) is 71.6 Å². The number of hydrogen-bond acceptors (Lipinski definition) is 1. The van der Waals surface area contributed by atoms with E-state index in [0.29, 0.717) is 0 Å². The lowest BCUT2D eigenvalue weighted by Gasteiger charge is -2.20. The van der Waals surface area contributed by atoms with Crippen LogP contribution in [0.1, 0.15) is 6.92 Å². The van der Waals surface area contributed by atoms with Crippen LogP contribution in [0.5, 0.6) is 0 Å². The van der Waals surface area contributed by atoms with E-state index in [4.69, 9.17) is 5.11 Å². The molecule has 142 valence electrons. The third-order valence-electron chi connectivity index (χ3n) is 6.25. The summed E-state index contributed by atoms with van der Waals surface area (Å²) in [5, 5.41) is 24.6. The van der Waals surface area contributed by atoms with Crippen LogP contribution in [0.15, 0.2) is 84.9 Å². The summed E-state index contributed by atoms with van der Waals surface area (Å²) in [6.45, 7) is 4.60. The predicted molar refractivity (Wildman–Crippen MR) is 127 cm³/mol. The van der Waals surface area contributed by atoms with Gasteiger partial charge in [0, 0.05) is 5.57 Å². The average molecular weight is 386 g/mol. The van der Waals surface area contributed by atoms with E-state index in [1.54, 1.807) is 0 Å². The number of carboxylic acid groups (broad SMARTS) is 1. The molecule has 2 nitrogen and oxygen atoms in total. The van der Waals surface area contributed by atoms with Gasteiger partial charge in [0.15, 0.2) is 0 Å². The fourth-order valence-corrected chi connectivity index (χ4v) is 4.89. The summed E-state index contributed by atoms with van der Waals surface area (Å²) in [4.78, 5) is 9.60. The van der Waals surface area contributed by atoms with E-state index in [1.165, 1.54) is 71.6 Å². The first-order valence-corrected chi connectivity index (χ1v) is 10.00. The molecule has 0 spiro atoms. The lowest BCUT2D eigenvalue weighted by molar-refractivity contribution is -0.132. The minimum Gasteiger partial charge on any atom is -0.478 e. The first-order chi connectivity index (χ1) is 14.5. The van der Waals surface area contributed by atoms with Gasteiger partial charge in [0.05, 0.1) is 0 Å². The highest BCUT2D eigenvalue weighted by Crippen LogP contribution is 2.47.